The number of aliphatic carboxylic acids is 1. The van der Waals surface area contributed by atoms with Crippen molar-refractivity contribution in [3.63, 3.8) is 0 Å². The molecule has 0 bridgehead atoms. The molecule has 5 amide bonds. The number of hydrogen-bond acceptors (Lipinski definition) is 21. The summed E-state index contributed by atoms with van der Waals surface area (Å²) >= 11 is 11.8. The van der Waals surface area contributed by atoms with Crippen LogP contribution in [0.5, 0.6) is 17.5 Å². The van der Waals surface area contributed by atoms with Gasteiger partial charge in [-0.1, -0.05) is 11.6 Å². The zero-order valence-electron chi connectivity index (χ0n) is 42.4. The molecule has 33 heteroatoms. The predicted octanol–water partition coefficient (Wildman–Crippen LogP) is 5.25. The minimum absolute atomic E-state index is 0.00962. The van der Waals surface area contributed by atoms with Crippen molar-refractivity contribution in [3.8, 4) is 17.5 Å². The number of hydrogen-bond donors (Lipinski definition) is 8. The molecule has 1 saturated carbocycles. The van der Waals surface area contributed by atoms with Crippen molar-refractivity contribution in [2.45, 2.75) is 77.5 Å². The summed E-state index contributed by atoms with van der Waals surface area (Å²) in [5, 5.41) is 18.0. The Kier molecular flexibility index (Phi) is 24.4. The number of carbonyl (C=O) groups is 5. The molecule has 4 heterocycles. The monoisotopic (exact) mass is 1150 g/mol. The lowest BCUT2D eigenvalue weighted by Gasteiger charge is -2.18. The Labute approximate surface area is 445 Å². The van der Waals surface area contributed by atoms with E-state index in [2.05, 4.69) is 51.2 Å². The van der Waals surface area contributed by atoms with Crippen LogP contribution in [0.2, 0.25) is 10.3 Å². The summed E-state index contributed by atoms with van der Waals surface area (Å²) in [4.78, 5) is 100. The second kappa shape index (κ2) is 29.3. The summed E-state index contributed by atoms with van der Waals surface area (Å²) < 4.78 is 71.8. The highest BCUT2D eigenvalue weighted by molar-refractivity contribution is 7.90. The number of pyridine rings is 1. The molecule has 0 atom stereocenters. The van der Waals surface area contributed by atoms with Gasteiger partial charge in [-0.3, -0.25) is 29.6 Å². The topological polar surface area (TPSA) is 378 Å². The van der Waals surface area contributed by atoms with E-state index in [0.717, 1.165) is 38.3 Å². The standard InChI is InChI=1S/C17H17ClFNO4.C15H18N6O6S.C8H14ClN5.C3H8NO5P/c1-9(2)15-16(21)20(17(22)24-15)13-8-14(11(18)7-12(13)19)23-10-5-3-4-6-10;1-21(2)13(22)9-6-5-7-16-12(9)28(24,25)20-15(23)19-14-17-10(26-3)8-11(18-14)27-4;1-4-10-7-12-6(9)13-8(14-7)11-5(2)3;5-3(6)1-4-2-10(7,8)9/h7-8,10H,3-6H2,1-2H3;5-8H,1-4H3,(H2,17,18,19,20,23);5H,4H2,1-3H3,(H2,10,11,12,13,14);4H,1-2H2,(H,5,6)(H2,7,8,9). The number of sulfonamides is 1. The number of cyclic esters (lactones) is 1. The third-order valence-electron chi connectivity index (χ3n) is 9.23. The van der Waals surface area contributed by atoms with Gasteiger partial charge in [0.15, 0.2) is 10.8 Å². The Morgan fingerprint density at radius 1 is 0.974 bits per heavy atom. The number of aromatic nitrogens is 6. The van der Waals surface area contributed by atoms with Crippen LogP contribution in [0.1, 0.15) is 70.7 Å². The number of urea groups is 1. The lowest BCUT2D eigenvalue weighted by molar-refractivity contribution is -0.135. The molecule has 0 spiro atoms. The first-order valence-corrected chi connectivity index (χ1v) is 26.4. The van der Waals surface area contributed by atoms with Gasteiger partial charge in [-0.2, -0.15) is 33.3 Å². The number of ether oxygens (including phenoxy) is 4. The highest BCUT2D eigenvalue weighted by Crippen LogP contribution is 2.38. The van der Waals surface area contributed by atoms with E-state index in [4.69, 9.17) is 57.0 Å². The second-order valence-corrected chi connectivity index (χ2v) is 20.2. The molecule has 3 aromatic heterocycles. The first-order chi connectivity index (χ1) is 35.6. The van der Waals surface area contributed by atoms with Crippen molar-refractivity contribution >= 4 is 94.3 Å². The quantitative estimate of drug-likeness (QED) is 0.0494. The molecule has 6 rings (SSSR count). The van der Waals surface area contributed by atoms with Gasteiger partial charge in [-0.05, 0) is 95.7 Å². The van der Waals surface area contributed by atoms with Crippen LogP contribution in [0.25, 0.3) is 0 Å². The summed E-state index contributed by atoms with van der Waals surface area (Å²) in [5.74, 6) is -2.14. The molecule has 0 unspecified atom stereocenters. The number of amides is 5. The van der Waals surface area contributed by atoms with E-state index in [0.29, 0.717) is 22.4 Å². The maximum atomic E-state index is 14.3. The van der Waals surface area contributed by atoms with Gasteiger partial charge in [-0.15, -0.1) is 0 Å². The van der Waals surface area contributed by atoms with Crippen LogP contribution in [-0.4, -0.2) is 148 Å². The van der Waals surface area contributed by atoms with E-state index in [1.54, 1.807) is 18.6 Å². The number of methoxy groups -OCH3 is 2. The lowest BCUT2D eigenvalue weighted by atomic mass is 10.2. The number of nitrogens with one attached hydrogen (secondary N) is 5. The predicted molar refractivity (Wildman–Crippen MR) is 274 cm³/mol. The fourth-order valence-corrected chi connectivity index (χ4v) is 7.84. The third kappa shape index (κ3) is 20.2. The van der Waals surface area contributed by atoms with Crippen LogP contribution < -0.4 is 45.1 Å². The van der Waals surface area contributed by atoms with Gasteiger partial charge in [0.25, 0.3) is 15.9 Å². The van der Waals surface area contributed by atoms with E-state index >= 15 is 0 Å². The van der Waals surface area contributed by atoms with Crippen molar-refractivity contribution in [1.82, 2.24) is 44.8 Å². The van der Waals surface area contributed by atoms with Gasteiger partial charge in [0.2, 0.25) is 34.9 Å². The molecule has 0 radical (unpaired) electrons. The molecular weight excluding hydrogens is 1090 g/mol. The van der Waals surface area contributed by atoms with Gasteiger partial charge in [-0.25, -0.2) is 28.6 Å². The molecular formula is C43H57Cl2FN13O15PS. The average Bonchev–Trinajstić information content (AvgIpc) is 3.95. The molecule has 2 fully saturated rings. The van der Waals surface area contributed by atoms with Crippen LogP contribution >= 0.6 is 30.8 Å². The molecule has 28 nitrogen and oxygen atoms in total. The molecule has 76 heavy (non-hydrogen) atoms. The number of halogens is 3. The van der Waals surface area contributed by atoms with Crippen LogP contribution in [-0.2, 0) is 28.9 Å². The fraction of sp³-hybridized carbons (Fsp3) is 0.419. The van der Waals surface area contributed by atoms with Gasteiger partial charge in [0, 0.05) is 38.9 Å². The highest BCUT2D eigenvalue weighted by atomic mass is 35.5. The molecule has 1 saturated heterocycles. The number of allylic oxidation sites excluding steroid dienone is 1. The van der Waals surface area contributed by atoms with E-state index in [1.807, 2.05) is 20.8 Å². The number of imide groups is 1. The van der Waals surface area contributed by atoms with Gasteiger partial charge < -0.3 is 49.4 Å². The van der Waals surface area contributed by atoms with Crippen LogP contribution in [0.4, 0.5) is 37.5 Å². The molecule has 2 aliphatic rings. The molecule has 4 aromatic rings. The van der Waals surface area contributed by atoms with Crippen molar-refractivity contribution in [2.24, 2.45) is 0 Å². The van der Waals surface area contributed by atoms with Crippen LogP contribution in [0, 0.1) is 5.82 Å². The SMILES string of the molecule is CC(C)=C1OC(=O)N(c2cc(OC3CCCC3)c(Cl)cc2F)C1=O.CCNc1nc(Cl)nc(NC(C)C)n1.COc1cc(OC)nc(NC(=O)NS(=O)(=O)c2ncccc2C(=O)N(C)C)n1.O=C(O)CNCP(=O)(O)O. The summed E-state index contributed by atoms with van der Waals surface area (Å²) in [6.45, 7) is 9.56. The Balaban J connectivity index is 0.000000286. The zero-order chi connectivity index (χ0) is 57.1. The van der Waals surface area contributed by atoms with E-state index in [9.17, 15) is 41.3 Å². The Hall–Kier alpha value is -7.08. The maximum absolute atomic E-state index is 14.3. The molecule has 416 valence electrons. The van der Waals surface area contributed by atoms with Crippen LogP contribution in [0.15, 0.2) is 52.9 Å². The number of nitrogens with zero attached hydrogens (tertiary/aromatic N) is 8. The van der Waals surface area contributed by atoms with Crippen molar-refractivity contribution < 1.29 is 75.2 Å². The van der Waals surface area contributed by atoms with Gasteiger partial charge in [0.1, 0.15) is 11.6 Å². The zero-order valence-corrected chi connectivity index (χ0v) is 45.6. The average molecular weight is 1150 g/mol. The number of rotatable bonds is 17. The summed E-state index contributed by atoms with van der Waals surface area (Å²) in [7, 11) is -2.94. The largest absolute Gasteiger partial charge is 0.489 e. The normalized spacial score (nSPS) is 13.1. The smallest absolute Gasteiger partial charge is 0.427 e. The first-order valence-electron chi connectivity index (χ1n) is 22.3. The highest BCUT2D eigenvalue weighted by Gasteiger charge is 2.40. The van der Waals surface area contributed by atoms with Crippen molar-refractivity contribution in [3.05, 3.63) is 69.5 Å². The van der Waals surface area contributed by atoms with E-state index in [1.165, 1.54) is 63.7 Å². The molecule has 1 aliphatic heterocycles. The summed E-state index contributed by atoms with van der Waals surface area (Å²) in [5.41, 5.74) is 0.124. The van der Waals surface area contributed by atoms with Gasteiger partial charge >= 0.3 is 31.6 Å². The first kappa shape index (κ1) is 63.2. The minimum Gasteiger partial charge on any atom is -0.489 e. The Morgan fingerprint density at radius 2 is 1.59 bits per heavy atom. The van der Waals surface area contributed by atoms with Crippen LogP contribution in [0.3, 0.4) is 0 Å². The third-order valence-corrected chi connectivity index (χ3v) is 11.6. The second-order valence-electron chi connectivity index (χ2n) is 16.2. The fourth-order valence-electron chi connectivity index (χ4n) is 6.04. The lowest BCUT2D eigenvalue weighted by Crippen LogP contribution is -2.36. The Morgan fingerprint density at radius 3 is 2.12 bits per heavy atom. The van der Waals surface area contributed by atoms with E-state index in [-0.39, 0.29) is 62.9 Å². The van der Waals surface area contributed by atoms with Gasteiger partial charge in [0.05, 0.1) is 55.5 Å². The molecule has 1 aromatic carbocycles. The maximum Gasteiger partial charge on any atom is 0.427 e. The minimum atomic E-state index is -4.46. The van der Waals surface area contributed by atoms with Crippen molar-refractivity contribution in [2.75, 3.05) is 68.5 Å². The Bertz CT molecular complexity index is 2890. The summed E-state index contributed by atoms with van der Waals surface area (Å²) in [6, 6.07) is 5.49. The van der Waals surface area contributed by atoms with E-state index < -0.39 is 71.2 Å². The summed E-state index contributed by atoms with van der Waals surface area (Å²) in [6.07, 6.45) is 3.59. The number of benzene rings is 1. The number of carboxylic acids is 1. The molecule has 8 N–H and O–H groups in total. The number of carbonyl (C=O) groups excluding carboxylic acids is 4. The number of carboxylic acid groups (broad SMARTS) is 1. The van der Waals surface area contributed by atoms with Crippen molar-refractivity contribution in [1.29, 1.82) is 0 Å². The number of anilines is 4. The molecule has 1 aliphatic carbocycles.